The number of nitrogens with one attached hydrogen (secondary N) is 1. The van der Waals surface area contributed by atoms with Gasteiger partial charge >= 0.3 is 0 Å². The minimum Gasteiger partial charge on any atom is -0.355 e. The monoisotopic (exact) mass is 365 g/mol. The summed E-state index contributed by atoms with van der Waals surface area (Å²) < 4.78 is 11.5. The molecular weight excluding hydrogens is 346 g/mol. The second kappa shape index (κ2) is 5.97. The van der Waals surface area contributed by atoms with E-state index in [0.717, 1.165) is 16.9 Å². The Balaban J connectivity index is 1.92. The molecule has 3 aromatic rings. The van der Waals surface area contributed by atoms with E-state index >= 15 is 0 Å². The van der Waals surface area contributed by atoms with Crippen molar-refractivity contribution in [3.05, 3.63) is 77.9 Å². The molecule has 1 heterocycles. The molecule has 2 nitrogen and oxygen atoms in total. The van der Waals surface area contributed by atoms with Gasteiger partial charge in [0, 0.05) is 31.0 Å². The van der Waals surface area contributed by atoms with E-state index in [-0.39, 0.29) is 5.41 Å². The molecule has 126 valence electrons. The van der Waals surface area contributed by atoms with E-state index in [1.807, 2.05) is 24.3 Å². The first-order valence-corrected chi connectivity index (χ1v) is 10.5. The third kappa shape index (κ3) is 2.66. The van der Waals surface area contributed by atoms with Gasteiger partial charge in [0.15, 0.2) is 0 Å². The maximum absolute atomic E-state index is 11.5. The lowest BCUT2D eigenvalue weighted by Crippen LogP contribution is -2.26. The van der Waals surface area contributed by atoms with Crippen molar-refractivity contribution in [3.8, 4) is 11.1 Å². The zero-order valence-corrected chi connectivity index (χ0v) is 15.8. The molecule has 4 heteroatoms. The molecule has 1 aliphatic heterocycles. The van der Waals surface area contributed by atoms with Crippen LogP contribution in [-0.2, 0) is 26.0 Å². The molecular formula is C21H19NOS2. The number of hydrogen-bond acceptors (Lipinski definition) is 3. The fourth-order valence-corrected chi connectivity index (χ4v) is 4.51. The molecule has 0 saturated heterocycles. The molecule has 0 spiro atoms. The molecule has 0 aromatic heterocycles. The van der Waals surface area contributed by atoms with Crippen LogP contribution in [0.1, 0.15) is 25.0 Å². The highest BCUT2D eigenvalue weighted by Crippen LogP contribution is 2.48. The largest absolute Gasteiger partial charge is 0.355 e. The number of para-hydroxylation sites is 1. The van der Waals surface area contributed by atoms with Gasteiger partial charge in [0.05, 0.1) is 0 Å². The Morgan fingerprint density at radius 2 is 1.56 bits per heavy atom. The van der Waals surface area contributed by atoms with Gasteiger partial charge in [-0.05, 0) is 57.7 Å². The maximum Gasteiger partial charge on any atom is 0.0480 e. The summed E-state index contributed by atoms with van der Waals surface area (Å²) in [6.45, 7) is 4.53. The average Bonchev–Trinajstić information content (AvgIpc) is 2.61. The molecule has 1 N–H and O–H groups in total. The maximum atomic E-state index is 11.5. The summed E-state index contributed by atoms with van der Waals surface area (Å²) in [5.74, 6) is 0. The van der Waals surface area contributed by atoms with Crippen LogP contribution in [0.3, 0.4) is 0 Å². The number of benzene rings is 3. The number of fused-ring (bicyclic) bond motifs is 2. The molecule has 1 aliphatic rings. The van der Waals surface area contributed by atoms with Gasteiger partial charge in [0.2, 0.25) is 0 Å². The van der Waals surface area contributed by atoms with Crippen LogP contribution in [-0.4, -0.2) is 4.21 Å². The Kier molecular flexibility index (Phi) is 3.89. The molecule has 4 rings (SSSR count). The van der Waals surface area contributed by atoms with Crippen LogP contribution in [0.5, 0.6) is 0 Å². The molecule has 0 fully saturated rings. The second-order valence-corrected chi connectivity index (χ2v) is 8.85. The van der Waals surface area contributed by atoms with Crippen molar-refractivity contribution in [2.24, 2.45) is 0 Å². The van der Waals surface area contributed by atoms with Gasteiger partial charge in [-0.3, -0.25) is 4.21 Å². The van der Waals surface area contributed by atoms with Crippen LogP contribution in [0.25, 0.3) is 11.1 Å². The van der Waals surface area contributed by atoms with Crippen LogP contribution in [0, 0.1) is 0 Å². The summed E-state index contributed by atoms with van der Waals surface area (Å²) >= 11 is 4.88. The predicted octanol–water partition coefficient (Wildman–Crippen LogP) is 5.04. The topological polar surface area (TPSA) is 29.1 Å². The Labute approximate surface area is 154 Å². The van der Waals surface area contributed by atoms with E-state index in [2.05, 4.69) is 61.6 Å². The Bertz CT molecular complexity index is 1030. The summed E-state index contributed by atoms with van der Waals surface area (Å²) in [7, 11) is -1.72. The summed E-state index contributed by atoms with van der Waals surface area (Å²) in [4.78, 5) is 0.710. The highest BCUT2D eigenvalue weighted by Gasteiger charge is 2.34. The zero-order valence-electron chi connectivity index (χ0n) is 14.1. The molecule has 1 unspecified atom stereocenters. The molecule has 0 bridgehead atoms. The van der Waals surface area contributed by atoms with Crippen molar-refractivity contribution in [1.82, 2.24) is 0 Å². The lowest BCUT2D eigenvalue weighted by atomic mass is 9.71. The second-order valence-electron chi connectivity index (χ2n) is 6.83. The Morgan fingerprint density at radius 3 is 2.28 bits per heavy atom. The van der Waals surface area contributed by atoms with Crippen molar-refractivity contribution in [2.45, 2.75) is 24.2 Å². The summed E-state index contributed by atoms with van der Waals surface area (Å²) in [6.07, 6.45) is 0. The summed E-state index contributed by atoms with van der Waals surface area (Å²) in [5.41, 5.74) is 7.06. The molecule has 25 heavy (non-hydrogen) atoms. The Morgan fingerprint density at radius 1 is 0.880 bits per heavy atom. The summed E-state index contributed by atoms with van der Waals surface area (Å²) in [6, 6.07) is 22.6. The molecule has 0 saturated carbocycles. The van der Waals surface area contributed by atoms with E-state index in [4.69, 9.17) is 11.2 Å². The van der Waals surface area contributed by atoms with E-state index in [1.165, 1.54) is 16.7 Å². The average molecular weight is 366 g/mol. The summed E-state index contributed by atoms with van der Waals surface area (Å²) in [5, 5.41) is 3.57. The van der Waals surface area contributed by atoms with Crippen LogP contribution in [0.15, 0.2) is 71.6 Å². The normalized spacial score (nSPS) is 15.6. The van der Waals surface area contributed by atoms with Crippen LogP contribution in [0.2, 0.25) is 0 Å². The lowest BCUT2D eigenvalue weighted by Gasteiger charge is -2.37. The quantitative estimate of drug-likeness (QED) is 0.624. The van der Waals surface area contributed by atoms with Gasteiger partial charge in [0.1, 0.15) is 0 Å². The van der Waals surface area contributed by atoms with Gasteiger partial charge in [-0.1, -0.05) is 56.3 Å². The van der Waals surface area contributed by atoms with Crippen LogP contribution in [0.4, 0.5) is 11.4 Å². The lowest BCUT2D eigenvalue weighted by molar-refractivity contribution is 0.640. The van der Waals surface area contributed by atoms with Gasteiger partial charge < -0.3 is 5.32 Å². The van der Waals surface area contributed by atoms with Crippen molar-refractivity contribution >= 4 is 31.9 Å². The third-order valence-corrected chi connectivity index (χ3v) is 6.30. The minimum absolute atomic E-state index is 0.115. The van der Waals surface area contributed by atoms with E-state index in [9.17, 15) is 4.21 Å². The first-order chi connectivity index (χ1) is 12.0. The fourth-order valence-electron chi connectivity index (χ4n) is 3.75. The van der Waals surface area contributed by atoms with Crippen molar-refractivity contribution in [2.75, 3.05) is 5.32 Å². The van der Waals surface area contributed by atoms with Crippen LogP contribution < -0.4 is 5.32 Å². The van der Waals surface area contributed by atoms with Gasteiger partial charge in [-0.2, -0.15) is 0 Å². The third-order valence-electron chi connectivity index (χ3n) is 4.95. The number of anilines is 2. The SMILES string of the molecule is CC1(C)c2ccccc2Nc2cccc(-c3ccc([SH](=O)=S)cc3)c21. The van der Waals surface area contributed by atoms with Gasteiger partial charge in [-0.15, -0.1) is 0 Å². The highest BCUT2D eigenvalue weighted by molar-refractivity contribution is 8.21. The van der Waals surface area contributed by atoms with Crippen molar-refractivity contribution in [1.29, 1.82) is 0 Å². The molecule has 3 aromatic carbocycles. The Hall–Kier alpha value is -2.17. The smallest absolute Gasteiger partial charge is 0.0480 e. The van der Waals surface area contributed by atoms with E-state index in [1.54, 1.807) is 0 Å². The number of hydrogen-bond donors (Lipinski definition) is 2. The number of thiol groups is 1. The zero-order chi connectivity index (χ0) is 17.6. The highest BCUT2D eigenvalue weighted by atomic mass is 32.8. The number of rotatable bonds is 2. The standard InChI is InChI=1S/C21H19NOS2/c1-21(2)17-7-3-4-8-18(17)22-19-9-5-6-16(20(19)21)14-10-12-15(13-11-14)25(23)24/h3-13,22,25H,1-2H3. The molecule has 0 radical (unpaired) electrons. The van der Waals surface area contributed by atoms with Gasteiger partial charge in [0.25, 0.3) is 0 Å². The van der Waals surface area contributed by atoms with Crippen LogP contribution >= 0.6 is 0 Å². The molecule has 0 aliphatic carbocycles. The predicted molar refractivity (Wildman–Crippen MR) is 109 cm³/mol. The first-order valence-electron chi connectivity index (χ1n) is 8.23. The van der Waals surface area contributed by atoms with Gasteiger partial charge in [-0.25, -0.2) is 0 Å². The molecule has 0 amide bonds. The van der Waals surface area contributed by atoms with Crippen molar-refractivity contribution in [3.63, 3.8) is 0 Å². The molecule has 1 atom stereocenters. The van der Waals surface area contributed by atoms with E-state index < -0.39 is 9.36 Å². The van der Waals surface area contributed by atoms with Crippen molar-refractivity contribution < 1.29 is 4.21 Å². The first kappa shape index (κ1) is 16.3. The van der Waals surface area contributed by atoms with E-state index in [0.29, 0.717) is 4.90 Å². The minimum atomic E-state index is -1.72. The fraction of sp³-hybridized carbons (Fsp3) is 0.143.